The number of aryl methyl sites for hydroxylation is 1. The third-order valence-corrected chi connectivity index (χ3v) is 4.04. The van der Waals surface area contributed by atoms with Crippen molar-refractivity contribution >= 4 is 40.2 Å². The van der Waals surface area contributed by atoms with Crippen LogP contribution in [0.15, 0.2) is 30.4 Å². The highest BCUT2D eigenvalue weighted by Gasteiger charge is 2.16. The summed E-state index contributed by atoms with van der Waals surface area (Å²) < 4.78 is 6.13. The van der Waals surface area contributed by atoms with Gasteiger partial charge in [-0.2, -0.15) is 0 Å². The van der Waals surface area contributed by atoms with Crippen LogP contribution in [0.1, 0.15) is 24.8 Å². The molecule has 1 aromatic carbocycles. The molecule has 1 N–H and O–H groups in total. The Balaban J connectivity index is 1.76. The molecule has 0 saturated carbocycles. The number of esters is 1. The Bertz CT molecular complexity index is 569. The van der Waals surface area contributed by atoms with E-state index in [-0.39, 0.29) is 24.4 Å². The predicted molar refractivity (Wildman–Crippen MR) is 90.0 cm³/mol. The van der Waals surface area contributed by atoms with Crippen molar-refractivity contribution in [3.63, 3.8) is 0 Å². The molecule has 21 heavy (non-hydrogen) atoms. The fraction of sp³-hybridized carbons (Fsp3) is 0.375. The molecule has 4 nitrogen and oxygen atoms in total. The summed E-state index contributed by atoms with van der Waals surface area (Å²) in [5.41, 5.74) is 1.73. The van der Waals surface area contributed by atoms with Gasteiger partial charge in [0.25, 0.3) is 5.91 Å². The molecule has 1 aliphatic rings. The highest BCUT2D eigenvalue weighted by Crippen LogP contribution is 2.21. The summed E-state index contributed by atoms with van der Waals surface area (Å²) in [7, 11) is 0. The number of amides is 1. The Hall–Kier alpha value is -1.37. The van der Waals surface area contributed by atoms with E-state index < -0.39 is 0 Å². The number of ether oxygens (including phenoxy) is 1. The molecular formula is C16H18INO3. The predicted octanol–water partition coefficient (Wildman–Crippen LogP) is 3.44. The minimum absolute atomic E-state index is 0.235. The van der Waals surface area contributed by atoms with Crippen LogP contribution < -0.4 is 5.32 Å². The van der Waals surface area contributed by atoms with Gasteiger partial charge in [0.15, 0.2) is 6.61 Å². The van der Waals surface area contributed by atoms with Gasteiger partial charge in [-0.25, -0.2) is 0 Å². The van der Waals surface area contributed by atoms with Crippen molar-refractivity contribution in [2.24, 2.45) is 5.92 Å². The first-order chi connectivity index (χ1) is 10.0. The number of anilines is 1. The molecule has 1 aromatic rings. The molecule has 0 bridgehead atoms. The Morgan fingerprint density at radius 2 is 2.24 bits per heavy atom. The van der Waals surface area contributed by atoms with Gasteiger partial charge in [-0.3, -0.25) is 9.59 Å². The van der Waals surface area contributed by atoms with E-state index in [1.807, 2.05) is 31.2 Å². The van der Waals surface area contributed by atoms with Crippen LogP contribution in [0.5, 0.6) is 0 Å². The monoisotopic (exact) mass is 399 g/mol. The first kappa shape index (κ1) is 16.0. The molecule has 1 atom stereocenters. The summed E-state index contributed by atoms with van der Waals surface area (Å²) in [4.78, 5) is 23.4. The average molecular weight is 399 g/mol. The molecule has 1 amide bonds. The van der Waals surface area contributed by atoms with Crippen LogP contribution in [0.25, 0.3) is 0 Å². The van der Waals surface area contributed by atoms with Crippen LogP contribution in [0.4, 0.5) is 5.69 Å². The maximum absolute atomic E-state index is 11.8. The third kappa shape index (κ3) is 5.15. The van der Waals surface area contributed by atoms with Crippen molar-refractivity contribution in [1.29, 1.82) is 0 Å². The topological polar surface area (TPSA) is 55.4 Å². The van der Waals surface area contributed by atoms with Gasteiger partial charge >= 0.3 is 5.97 Å². The van der Waals surface area contributed by atoms with E-state index in [9.17, 15) is 9.59 Å². The number of carbonyl (C=O) groups is 2. The molecule has 0 unspecified atom stereocenters. The van der Waals surface area contributed by atoms with Crippen LogP contribution in [0.2, 0.25) is 0 Å². The Morgan fingerprint density at radius 3 is 2.90 bits per heavy atom. The van der Waals surface area contributed by atoms with Gasteiger partial charge in [-0.15, -0.1) is 0 Å². The lowest BCUT2D eigenvalue weighted by Gasteiger charge is -2.10. The number of hydrogen-bond acceptors (Lipinski definition) is 3. The van der Waals surface area contributed by atoms with Crippen LogP contribution in [-0.2, 0) is 14.3 Å². The van der Waals surface area contributed by atoms with E-state index in [0.29, 0.717) is 6.42 Å². The fourth-order valence-corrected chi connectivity index (χ4v) is 2.88. The average Bonchev–Trinajstić information content (AvgIpc) is 2.92. The van der Waals surface area contributed by atoms with Gasteiger partial charge in [-0.05, 0) is 72.0 Å². The van der Waals surface area contributed by atoms with Crippen molar-refractivity contribution in [2.45, 2.75) is 26.2 Å². The highest BCUT2D eigenvalue weighted by molar-refractivity contribution is 14.1. The molecule has 112 valence electrons. The zero-order valence-corrected chi connectivity index (χ0v) is 14.1. The lowest BCUT2D eigenvalue weighted by Crippen LogP contribution is -2.22. The number of rotatable bonds is 5. The van der Waals surface area contributed by atoms with Crippen LogP contribution >= 0.6 is 22.6 Å². The van der Waals surface area contributed by atoms with E-state index >= 15 is 0 Å². The van der Waals surface area contributed by atoms with E-state index in [4.69, 9.17) is 4.74 Å². The van der Waals surface area contributed by atoms with Crippen LogP contribution in [0, 0.1) is 16.4 Å². The van der Waals surface area contributed by atoms with Crippen molar-refractivity contribution in [1.82, 2.24) is 0 Å². The van der Waals surface area contributed by atoms with Crippen molar-refractivity contribution < 1.29 is 14.3 Å². The van der Waals surface area contributed by atoms with Gasteiger partial charge in [0.2, 0.25) is 0 Å². The van der Waals surface area contributed by atoms with Crippen molar-refractivity contribution in [2.75, 3.05) is 11.9 Å². The molecule has 1 aliphatic carbocycles. The normalized spacial score (nSPS) is 16.8. The number of carbonyl (C=O) groups excluding carboxylic acids is 2. The SMILES string of the molecule is Cc1cc(I)ccc1NC(=O)COC(=O)C[C@H]1C=CCC1. The summed E-state index contributed by atoms with van der Waals surface area (Å²) >= 11 is 2.22. The lowest BCUT2D eigenvalue weighted by molar-refractivity contribution is -0.147. The van der Waals surface area contributed by atoms with Crippen molar-refractivity contribution in [3.8, 4) is 0 Å². The first-order valence-corrected chi connectivity index (χ1v) is 8.01. The van der Waals surface area contributed by atoms with Gasteiger partial charge in [-0.1, -0.05) is 12.2 Å². The summed E-state index contributed by atoms with van der Waals surface area (Å²) in [5.74, 6) is -0.366. The maximum atomic E-state index is 11.8. The van der Waals surface area contributed by atoms with E-state index in [0.717, 1.165) is 27.7 Å². The van der Waals surface area contributed by atoms with E-state index in [1.165, 1.54) is 0 Å². The smallest absolute Gasteiger partial charge is 0.306 e. The van der Waals surface area contributed by atoms with Gasteiger partial charge in [0.05, 0.1) is 6.42 Å². The summed E-state index contributed by atoms with van der Waals surface area (Å²) in [6.45, 7) is 1.69. The molecule has 0 heterocycles. The molecule has 0 saturated heterocycles. The molecular weight excluding hydrogens is 381 g/mol. The third-order valence-electron chi connectivity index (χ3n) is 3.37. The molecule has 0 radical (unpaired) electrons. The minimum atomic E-state index is -0.318. The summed E-state index contributed by atoms with van der Waals surface area (Å²) in [5, 5.41) is 2.75. The maximum Gasteiger partial charge on any atom is 0.306 e. The Kier molecular flexibility index (Phi) is 5.78. The second-order valence-electron chi connectivity index (χ2n) is 5.14. The Labute approximate surface area is 138 Å². The molecule has 0 spiro atoms. The quantitative estimate of drug-likeness (QED) is 0.469. The second-order valence-corrected chi connectivity index (χ2v) is 6.38. The second kappa shape index (κ2) is 7.59. The molecule has 0 aromatic heterocycles. The molecule has 0 fully saturated rings. The van der Waals surface area contributed by atoms with Gasteiger partial charge < -0.3 is 10.1 Å². The van der Waals surface area contributed by atoms with Gasteiger partial charge in [0, 0.05) is 9.26 Å². The number of halogens is 1. The zero-order chi connectivity index (χ0) is 15.2. The fourth-order valence-electron chi connectivity index (χ4n) is 2.24. The molecule has 2 rings (SSSR count). The standard InChI is InChI=1S/C16H18INO3/c1-11-8-13(17)6-7-14(11)18-15(19)10-21-16(20)9-12-4-2-3-5-12/h2,4,6-8,12H,3,5,9-10H2,1H3,(H,18,19)/t12-/m0/s1. The van der Waals surface area contributed by atoms with Crippen molar-refractivity contribution in [3.05, 3.63) is 39.5 Å². The first-order valence-electron chi connectivity index (χ1n) is 6.93. The van der Waals surface area contributed by atoms with Crippen LogP contribution in [0.3, 0.4) is 0 Å². The number of hydrogen-bond donors (Lipinski definition) is 1. The lowest BCUT2D eigenvalue weighted by atomic mass is 10.1. The molecule has 5 heteroatoms. The van der Waals surface area contributed by atoms with Crippen LogP contribution in [-0.4, -0.2) is 18.5 Å². The van der Waals surface area contributed by atoms with Gasteiger partial charge in [0.1, 0.15) is 0 Å². The number of allylic oxidation sites excluding steroid dienone is 2. The van der Waals surface area contributed by atoms with E-state index in [2.05, 4.69) is 34.0 Å². The zero-order valence-electron chi connectivity index (χ0n) is 11.9. The molecule has 0 aliphatic heterocycles. The largest absolute Gasteiger partial charge is 0.456 e. The minimum Gasteiger partial charge on any atom is -0.456 e. The number of nitrogens with one attached hydrogen (secondary N) is 1. The van der Waals surface area contributed by atoms with E-state index in [1.54, 1.807) is 0 Å². The summed E-state index contributed by atoms with van der Waals surface area (Å²) in [6.07, 6.45) is 6.47. The summed E-state index contributed by atoms with van der Waals surface area (Å²) in [6, 6.07) is 5.75. The Morgan fingerprint density at radius 1 is 1.43 bits per heavy atom. The number of benzene rings is 1. The highest BCUT2D eigenvalue weighted by atomic mass is 127.